The number of carbonyl (C=O) groups excluding carboxylic acids is 1. The highest BCUT2D eigenvalue weighted by Gasteiger charge is 2.15. The molecule has 0 aliphatic rings. The van der Waals surface area contributed by atoms with Gasteiger partial charge in [-0.3, -0.25) is 0 Å². The number of nitrogens with one attached hydrogen (secondary N) is 2. The molecule has 2 amide bonds. The molecule has 6 nitrogen and oxygen atoms in total. The van der Waals surface area contributed by atoms with Gasteiger partial charge in [0.15, 0.2) is 11.5 Å². The van der Waals surface area contributed by atoms with Crippen molar-refractivity contribution in [3.63, 3.8) is 0 Å². The Morgan fingerprint density at radius 3 is 2.35 bits per heavy atom. The molecule has 0 atom stereocenters. The smallest absolute Gasteiger partial charge is 0.319 e. The quantitative estimate of drug-likeness (QED) is 0.628. The molecule has 0 aliphatic heterocycles. The molecule has 26 heavy (non-hydrogen) atoms. The molecule has 0 saturated carbocycles. The average molecular weight is 357 g/mol. The topological polar surface area (TPSA) is 85.6 Å². The molecule has 0 bridgehead atoms. The molecule has 0 spiro atoms. The number of methoxy groups -OCH3 is 1. The molecule has 4 N–H and O–H groups in total. The maximum atomic E-state index is 12.2. The van der Waals surface area contributed by atoms with Crippen LogP contribution in [0.1, 0.15) is 32.3 Å². The summed E-state index contributed by atoms with van der Waals surface area (Å²) in [5.74, 6) is 1.80. The predicted octanol–water partition coefficient (Wildman–Crippen LogP) is 4.69. The zero-order valence-corrected chi connectivity index (χ0v) is 15.8. The number of hydrogen-bond donors (Lipinski definition) is 3. The lowest BCUT2D eigenvalue weighted by Crippen LogP contribution is -2.37. The first-order valence-corrected chi connectivity index (χ1v) is 8.76. The molecule has 140 valence electrons. The van der Waals surface area contributed by atoms with Gasteiger partial charge in [0, 0.05) is 23.0 Å². The van der Waals surface area contributed by atoms with Gasteiger partial charge in [0.2, 0.25) is 0 Å². The van der Waals surface area contributed by atoms with Crippen molar-refractivity contribution in [2.24, 2.45) is 0 Å². The van der Waals surface area contributed by atoms with Crippen LogP contribution in [-0.2, 0) is 0 Å². The minimum absolute atomic E-state index is 0.158. The first-order chi connectivity index (χ1) is 12.5. The normalized spacial score (nSPS) is 10.5. The third kappa shape index (κ3) is 4.81. The van der Waals surface area contributed by atoms with Gasteiger partial charge >= 0.3 is 6.03 Å². The number of anilines is 2. The van der Waals surface area contributed by atoms with Crippen molar-refractivity contribution >= 4 is 17.4 Å². The van der Waals surface area contributed by atoms with Gasteiger partial charge in [-0.25, -0.2) is 4.79 Å². The number of rotatable bonds is 7. The lowest BCUT2D eigenvalue weighted by molar-refractivity contribution is 0.247. The van der Waals surface area contributed by atoms with Crippen LogP contribution in [0.2, 0.25) is 0 Å². The average Bonchev–Trinajstić information content (AvgIpc) is 2.64. The van der Waals surface area contributed by atoms with Crippen molar-refractivity contribution in [3.8, 4) is 17.2 Å². The first kappa shape index (κ1) is 19.4. The molecule has 6 heteroatoms. The van der Waals surface area contributed by atoms with E-state index in [0.717, 1.165) is 18.4 Å². The first-order valence-electron chi connectivity index (χ1n) is 8.76. The highest BCUT2D eigenvalue weighted by Crippen LogP contribution is 2.38. The van der Waals surface area contributed by atoms with Gasteiger partial charge in [-0.2, -0.15) is 0 Å². The van der Waals surface area contributed by atoms with Crippen LogP contribution in [0.5, 0.6) is 17.2 Å². The highest BCUT2D eigenvalue weighted by molar-refractivity contribution is 5.91. The van der Waals surface area contributed by atoms with E-state index in [0.29, 0.717) is 28.6 Å². The Kier molecular flexibility index (Phi) is 6.72. The maximum Gasteiger partial charge on any atom is 0.319 e. The molecule has 2 aromatic carbocycles. The molecular formula is C20H27N3O3. The molecule has 2 rings (SSSR count). The minimum Gasteiger partial charge on any atom is -0.492 e. The van der Waals surface area contributed by atoms with Gasteiger partial charge in [0.25, 0.3) is 0 Å². The van der Waals surface area contributed by atoms with E-state index in [2.05, 4.69) is 10.6 Å². The van der Waals surface area contributed by atoms with Crippen molar-refractivity contribution in [3.05, 3.63) is 42.0 Å². The molecule has 0 saturated heterocycles. The van der Waals surface area contributed by atoms with E-state index in [1.54, 1.807) is 43.5 Å². The Morgan fingerprint density at radius 2 is 1.77 bits per heavy atom. The van der Waals surface area contributed by atoms with Crippen LogP contribution >= 0.6 is 0 Å². The molecular weight excluding hydrogens is 330 g/mol. The van der Waals surface area contributed by atoms with Gasteiger partial charge in [0.05, 0.1) is 7.11 Å². The predicted molar refractivity (Wildman–Crippen MR) is 105 cm³/mol. The van der Waals surface area contributed by atoms with E-state index in [-0.39, 0.29) is 12.1 Å². The number of benzene rings is 2. The molecule has 0 heterocycles. The standard InChI is InChI=1S/C20H27N3O3/c1-5-15(6-2)22-20(24)23-17-11-12-18(19(25-4)13(17)3)26-16-9-7-14(21)8-10-16/h7-12,15H,5-6,21H2,1-4H3,(H2,22,23,24). The fourth-order valence-electron chi connectivity index (χ4n) is 2.64. The Balaban J connectivity index is 2.18. The van der Waals surface area contributed by atoms with Crippen LogP contribution in [0.3, 0.4) is 0 Å². The number of nitrogens with two attached hydrogens (primary N) is 1. The summed E-state index contributed by atoms with van der Waals surface area (Å²) in [7, 11) is 1.58. The van der Waals surface area contributed by atoms with Crippen molar-refractivity contribution in [2.45, 2.75) is 39.7 Å². The van der Waals surface area contributed by atoms with E-state index >= 15 is 0 Å². The van der Waals surface area contributed by atoms with E-state index in [1.807, 2.05) is 20.8 Å². The van der Waals surface area contributed by atoms with Crippen molar-refractivity contribution in [1.82, 2.24) is 5.32 Å². The van der Waals surface area contributed by atoms with E-state index in [4.69, 9.17) is 15.2 Å². The summed E-state index contributed by atoms with van der Waals surface area (Å²) in [4.78, 5) is 12.2. The van der Waals surface area contributed by atoms with E-state index in [1.165, 1.54) is 0 Å². The zero-order valence-electron chi connectivity index (χ0n) is 15.8. The Hall–Kier alpha value is -2.89. The van der Waals surface area contributed by atoms with Crippen LogP contribution in [0, 0.1) is 6.92 Å². The van der Waals surface area contributed by atoms with Crippen LogP contribution in [0.15, 0.2) is 36.4 Å². The number of urea groups is 1. The third-order valence-electron chi connectivity index (χ3n) is 4.25. The molecule has 0 aliphatic carbocycles. The van der Waals surface area contributed by atoms with E-state index < -0.39 is 0 Å². The summed E-state index contributed by atoms with van der Waals surface area (Å²) in [6.45, 7) is 5.97. The Morgan fingerprint density at radius 1 is 1.12 bits per heavy atom. The summed E-state index contributed by atoms with van der Waals surface area (Å²) in [5.41, 5.74) is 7.83. The number of ether oxygens (including phenoxy) is 2. The summed E-state index contributed by atoms with van der Waals surface area (Å²) >= 11 is 0. The number of carbonyl (C=O) groups is 1. The summed E-state index contributed by atoms with van der Waals surface area (Å²) in [6.07, 6.45) is 1.78. The highest BCUT2D eigenvalue weighted by atomic mass is 16.5. The van der Waals surface area contributed by atoms with Gasteiger partial charge in [-0.05, 0) is 56.2 Å². The fourth-order valence-corrected chi connectivity index (χ4v) is 2.64. The monoisotopic (exact) mass is 357 g/mol. The van der Waals surface area contributed by atoms with Gasteiger partial charge in [-0.15, -0.1) is 0 Å². The second-order valence-electron chi connectivity index (χ2n) is 6.05. The summed E-state index contributed by atoms with van der Waals surface area (Å²) in [5, 5.41) is 5.84. The summed E-state index contributed by atoms with van der Waals surface area (Å²) in [6, 6.07) is 10.6. The second-order valence-corrected chi connectivity index (χ2v) is 6.05. The van der Waals surface area contributed by atoms with Crippen LogP contribution in [-0.4, -0.2) is 19.2 Å². The third-order valence-corrected chi connectivity index (χ3v) is 4.25. The number of hydrogen-bond acceptors (Lipinski definition) is 4. The van der Waals surface area contributed by atoms with Crippen LogP contribution < -0.4 is 25.8 Å². The number of amides is 2. The van der Waals surface area contributed by atoms with Crippen molar-refractivity contribution in [1.29, 1.82) is 0 Å². The molecule has 2 aromatic rings. The summed E-state index contributed by atoms with van der Waals surface area (Å²) < 4.78 is 11.4. The van der Waals surface area contributed by atoms with Crippen LogP contribution in [0.4, 0.5) is 16.2 Å². The van der Waals surface area contributed by atoms with Crippen molar-refractivity contribution < 1.29 is 14.3 Å². The largest absolute Gasteiger partial charge is 0.492 e. The molecule has 0 fully saturated rings. The van der Waals surface area contributed by atoms with Crippen LogP contribution in [0.25, 0.3) is 0 Å². The minimum atomic E-state index is -0.226. The Bertz CT molecular complexity index is 741. The maximum absolute atomic E-state index is 12.2. The molecule has 0 radical (unpaired) electrons. The van der Waals surface area contributed by atoms with Gasteiger partial charge < -0.3 is 25.8 Å². The van der Waals surface area contributed by atoms with E-state index in [9.17, 15) is 4.79 Å². The van der Waals surface area contributed by atoms with Crippen molar-refractivity contribution in [2.75, 3.05) is 18.2 Å². The second kappa shape index (κ2) is 8.99. The molecule has 0 unspecified atom stereocenters. The lowest BCUT2D eigenvalue weighted by Gasteiger charge is -2.18. The molecule has 0 aromatic heterocycles. The number of nitrogen functional groups attached to an aromatic ring is 1. The van der Waals surface area contributed by atoms with Gasteiger partial charge in [0.1, 0.15) is 5.75 Å². The zero-order chi connectivity index (χ0) is 19.1. The lowest BCUT2D eigenvalue weighted by atomic mass is 10.1. The van der Waals surface area contributed by atoms with Gasteiger partial charge in [-0.1, -0.05) is 13.8 Å². The fraction of sp³-hybridized carbons (Fsp3) is 0.350. The SMILES string of the molecule is CCC(CC)NC(=O)Nc1ccc(Oc2ccc(N)cc2)c(OC)c1C. The Labute approximate surface area is 154 Å².